The molecule has 148 valence electrons. The Bertz CT molecular complexity index is 990. The zero-order chi connectivity index (χ0) is 20.8. The van der Waals surface area contributed by atoms with Crippen LogP contribution < -0.4 is 4.74 Å². The first-order valence-corrected chi connectivity index (χ1v) is 9.67. The predicted molar refractivity (Wildman–Crippen MR) is 113 cm³/mol. The van der Waals surface area contributed by atoms with Crippen LogP contribution in [0.25, 0.3) is 0 Å². The van der Waals surface area contributed by atoms with Crippen LogP contribution >= 0.6 is 23.2 Å². The highest BCUT2D eigenvalue weighted by Crippen LogP contribution is 2.29. The Morgan fingerprint density at radius 3 is 2.10 bits per heavy atom. The lowest BCUT2D eigenvalue weighted by Gasteiger charge is -2.21. The van der Waals surface area contributed by atoms with Crippen LogP contribution in [-0.4, -0.2) is 17.9 Å². The van der Waals surface area contributed by atoms with Crippen LogP contribution in [0, 0.1) is 0 Å². The Balaban J connectivity index is 1.79. The summed E-state index contributed by atoms with van der Waals surface area (Å²) in [5.41, 5.74) is 1.02. The van der Waals surface area contributed by atoms with Crippen molar-refractivity contribution in [3.8, 4) is 5.75 Å². The third-order valence-corrected chi connectivity index (χ3v) is 4.69. The molecule has 0 saturated carbocycles. The molecule has 3 aromatic carbocycles. The molecule has 0 aromatic heterocycles. The average molecular weight is 429 g/mol. The van der Waals surface area contributed by atoms with Crippen LogP contribution in [0.1, 0.15) is 28.9 Å². The topological polar surface area (TPSA) is 52.6 Å². The van der Waals surface area contributed by atoms with Crippen LogP contribution in [0.3, 0.4) is 0 Å². The molecule has 6 heteroatoms. The number of carbonyl (C=O) groups excluding carboxylic acids is 2. The highest BCUT2D eigenvalue weighted by Gasteiger charge is 2.29. The molecule has 0 amide bonds. The van der Waals surface area contributed by atoms with E-state index in [0.717, 1.165) is 0 Å². The van der Waals surface area contributed by atoms with Gasteiger partial charge in [0.05, 0.1) is 5.02 Å². The van der Waals surface area contributed by atoms with Gasteiger partial charge >= 0.3 is 5.97 Å². The van der Waals surface area contributed by atoms with Gasteiger partial charge in [-0.25, -0.2) is 4.79 Å². The van der Waals surface area contributed by atoms with Gasteiger partial charge in [-0.05, 0) is 25.1 Å². The summed E-state index contributed by atoms with van der Waals surface area (Å²) in [5.74, 6) is -0.706. The summed E-state index contributed by atoms with van der Waals surface area (Å²) >= 11 is 12.0. The third kappa shape index (κ3) is 5.37. The molecule has 2 unspecified atom stereocenters. The number of esters is 1. The van der Waals surface area contributed by atoms with Gasteiger partial charge in [-0.3, -0.25) is 4.79 Å². The van der Waals surface area contributed by atoms with Gasteiger partial charge in [-0.15, -0.1) is 0 Å². The van der Waals surface area contributed by atoms with Crippen molar-refractivity contribution in [2.24, 2.45) is 0 Å². The molecule has 4 nitrogen and oxygen atoms in total. The van der Waals surface area contributed by atoms with E-state index in [9.17, 15) is 9.59 Å². The summed E-state index contributed by atoms with van der Waals surface area (Å²) in [7, 11) is 0. The normalized spacial score (nSPS) is 12.7. The van der Waals surface area contributed by atoms with Crippen molar-refractivity contribution < 1.29 is 19.1 Å². The van der Waals surface area contributed by atoms with Gasteiger partial charge in [0, 0.05) is 16.1 Å². The van der Waals surface area contributed by atoms with Gasteiger partial charge in [-0.1, -0.05) is 83.9 Å². The summed E-state index contributed by atoms with van der Waals surface area (Å²) in [4.78, 5) is 25.7. The number of ketones is 1. The Morgan fingerprint density at radius 2 is 1.48 bits per heavy atom. The minimum atomic E-state index is -1.09. The first-order valence-electron chi connectivity index (χ1n) is 8.92. The maximum Gasteiger partial charge on any atom is 0.348 e. The SMILES string of the molecule is CC(Oc1ccc(Cl)cc1Cl)C(=O)OC(C(=O)c1ccccc1)c1ccccc1. The van der Waals surface area contributed by atoms with E-state index in [4.69, 9.17) is 32.7 Å². The summed E-state index contributed by atoms with van der Waals surface area (Å²) in [6, 6.07) is 22.2. The minimum Gasteiger partial charge on any atom is -0.477 e. The minimum absolute atomic E-state index is 0.275. The quantitative estimate of drug-likeness (QED) is 0.345. The monoisotopic (exact) mass is 428 g/mol. The lowest BCUT2D eigenvalue weighted by Crippen LogP contribution is -2.30. The molecule has 3 rings (SSSR count). The predicted octanol–water partition coefficient (Wildman–Crippen LogP) is 5.93. The molecule has 0 aliphatic rings. The number of hydrogen-bond donors (Lipinski definition) is 0. The molecule has 0 spiro atoms. The van der Waals surface area contributed by atoms with Crippen molar-refractivity contribution in [2.45, 2.75) is 19.1 Å². The van der Waals surface area contributed by atoms with E-state index in [-0.39, 0.29) is 10.8 Å². The highest BCUT2D eigenvalue weighted by atomic mass is 35.5. The number of hydrogen-bond acceptors (Lipinski definition) is 4. The largest absolute Gasteiger partial charge is 0.477 e. The number of benzene rings is 3. The highest BCUT2D eigenvalue weighted by molar-refractivity contribution is 6.35. The van der Waals surface area contributed by atoms with Crippen molar-refractivity contribution in [1.82, 2.24) is 0 Å². The second kappa shape index (κ2) is 9.59. The molecule has 0 aliphatic heterocycles. The van der Waals surface area contributed by atoms with Gasteiger partial charge < -0.3 is 9.47 Å². The molecule has 0 N–H and O–H groups in total. The molecule has 0 fully saturated rings. The van der Waals surface area contributed by atoms with E-state index in [0.29, 0.717) is 21.9 Å². The van der Waals surface area contributed by atoms with E-state index >= 15 is 0 Å². The number of Topliss-reactive ketones (excluding diaryl/α,β-unsaturated/α-hetero) is 1. The maximum atomic E-state index is 13.0. The van der Waals surface area contributed by atoms with Crippen molar-refractivity contribution in [1.29, 1.82) is 0 Å². The van der Waals surface area contributed by atoms with Gasteiger partial charge in [0.1, 0.15) is 5.75 Å². The molecule has 2 atom stereocenters. The lowest BCUT2D eigenvalue weighted by atomic mass is 10.00. The lowest BCUT2D eigenvalue weighted by molar-refractivity contribution is -0.154. The fourth-order valence-corrected chi connectivity index (χ4v) is 3.13. The molecule has 0 bridgehead atoms. The van der Waals surface area contributed by atoms with Crippen LogP contribution in [0.4, 0.5) is 0 Å². The summed E-state index contributed by atoms with van der Waals surface area (Å²) in [5, 5.41) is 0.729. The summed E-state index contributed by atoms with van der Waals surface area (Å²) in [6.07, 6.45) is -2.07. The number of rotatable bonds is 7. The maximum absolute atomic E-state index is 13.0. The number of ether oxygens (including phenoxy) is 2. The van der Waals surface area contributed by atoms with E-state index in [1.165, 1.54) is 13.0 Å². The van der Waals surface area contributed by atoms with Crippen molar-refractivity contribution in [2.75, 3.05) is 0 Å². The smallest absolute Gasteiger partial charge is 0.348 e. The van der Waals surface area contributed by atoms with E-state index < -0.39 is 18.2 Å². The number of carbonyl (C=O) groups is 2. The molecular formula is C23H18Cl2O4. The van der Waals surface area contributed by atoms with Crippen molar-refractivity contribution in [3.63, 3.8) is 0 Å². The van der Waals surface area contributed by atoms with Gasteiger partial charge in [-0.2, -0.15) is 0 Å². The van der Waals surface area contributed by atoms with E-state index in [1.54, 1.807) is 60.7 Å². The van der Waals surface area contributed by atoms with Gasteiger partial charge in [0.2, 0.25) is 5.78 Å². The van der Waals surface area contributed by atoms with Crippen LogP contribution in [0.15, 0.2) is 78.9 Å². The molecule has 0 saturated heterocycles. The number of halogens is 2. The van der Waals surface area contributed by atoms with Crippen molar-refractivity contribution >= 4 is 35.0 Å². The second-order valence-electron chi connectivity index (χ2n) is 6.29. The molecule has 0 heterocycles. The van der Waals surface area contributed by atoms with Crippen LogP contribution in [0.2, 0.25) is 10.0 Å². The standard InChI is InChI=1S/C23H18Cl2O4/c1-15(28-20-13-12-18(24)14-19(20)25)23(27)29-22(17-10-6-3-7-11-17)21(26)16-8-4-2-5-9-16/h2-15,22H,1H3. The van der Waals surface area contributed by atoms with Gasteiger partial charge in [0.15, 0.2) is 12.2 Å². The average Bonchev–Trinajstić information content (AvgIpc) is 2.74. The second-order valence-corrected chi connectivity index (χ2v) is 7.14. The van der Waals surface area contributed by atoms with Crippen LogP contribution in [0.5, 0.6) is 5.75 Å². The first-order chi connectivity index (χ1) is 14.0. The Labute approximate surface area is 179 Å². The van der Waals surface area contributed by atoms with E-state index in [1.807, 2.05) is 12.1 Å². The van der Waals surface area contributed by atoms with Gasteiger partial charge in [0.25, 0.3) is 0 Å². The first kappa shape index (κ1) is 20.9. The zero-order valence-electron chi connectivity index (χ0n) is 15.5. The molecular weight excluding hydrogens is 411 g/mol. The third-order valence-electron chi connectivity index (χ3n) is 4.16. The Morgan fingerprint density at radius 1 is 0.862 bits per heavy atom. The fraction of sp³-hybridized carbons (Fsp3) is 0.130. The molecule has 29 heavy (non-hydrogen) atoms. The Hall–Kier alpha value is -2.82. The Kier molecular flexibility index (Phi) is 6.91. The fourth-order valence-electron chi connectivity index (χ4n) is 2.68. The van der Waals surface area contributed by atoms with E-state index in [2.05, 4.69) is 0 Å². The molecule has 3 aromatic rings. The zero-order valence-corrected chi connectivity index (χ0v) is 17.1. The molecule has 0 radical (unpaired) electrons. The van der Waals surface area contributed by atoms with Crippen molar-refractivity contribution in [3.05, 3.63) is 100 Å². The van der Waals surface area contributed by atoms with Crippen LogP contribution in [-0.2, 0) is 9.53 Å². The molecule has 0 aliphatic carbocycles. The summed E-state index contributed by atoms with van der Waals surface area (Å²) in [6.45, 7) is 1.53. The summed E-state index contributed by atoms with van der Waals surface area (Å²) < 4.78 is 11.2.